The van der Waals surface area contributed by atoms with Gasteiger partial charge in [0.05, 0.1) is 29.7 Å². The number of likely N-dealkylation sites (N-methyl/N-ethyl adjacent to an activating group) is 1. The third kappa shape index (κ3) is 2.58. The third-order valence-corrected chi connectivity index (χ3v) is 3.48. The molecule has 1 fully saturated rings. The van der Waals surface area contributed by atoms with E-state index in [2.05, 4.69) is 29.9 Å². The summed E-state index contributed by atoms with van der Waals surface area (Å²) in [5, 5.41) is 0. The van der Waals surface area contributed by atoms with Gasteiger partial charge in [-0.25, -0.2) is 0 Å². The molecular formula is C13H21N3O. The van der Waals surface area contributed by atoms with Crippen LogP contribution in [-0.2, 0) is 4.74 Å². The maximum Gasteiger partial charge on any atom is 0.0750 e. The van der Waals surface area contributed by atoms with Crippen LogP contribution >= 0.6 is 0 Å². The lowest BCUT2D eigenvalue weighted by Gasteiger charge is -2.28. The molecule has 0 amide bonds. The lowest BCUT2D eigenvalue weighted by Crippen LogP contribution is -2.36. The van der Waals surface area contributed by atoms with Crippen LogP contribution in [0.15, 0.2) is 18.3 Å². The zero-order valence-corrected chi connectivity index (χ0v) is 10.8. The molecule has 2 N–H and O–H groups in total. The molecule has 1 saturated heterocycles. The number of pyridine rings is 1. The van der Waals surface area contributed by atoms with Gasteiger partial charge in [0, 0.05) is 19.7 Å². The van der Waals surface area contributed by atoms with Gasteiger partial charge < -0.3 is 15.4 Å². The molecular weight excluding hydrogens is 214 g/mol. The minimum Gasteiger partial charge on any atom is -0.376 e. The number of hydrogen-bond acceptors (Lipinski definition) is 4. The average Bonchev–Trinajstić information content (AvgIpc) is 2.74. The predicted molar refractivity (Wildman–Crippen MR) is 69.1 cm³/mol. The highest BCUT2D eigenvalue weighted by Gasteiger charge is 2.28. The highest BCUT2D eigenvalue weighted by Crippen LogP contribution is 2.24. The highest BCUT2D eigenvalue weighted by molar-refractivity contribution is 5.45. The van der Waals surface area contributed by atoms with Crippen molar-refractivity contribution in [2.75, 3.05) is 18.6 Å². The minimum absolute atomic E-state index is 0.0110. The van der Waals surface area contributed by atoms with E-state index >= 15 is 0 Å². The fraction of sp³-hybridized carbons (Fsp3) is 0.615. The van der Waals surface area contributed by atoms with Crippen molar-refractivity contribution in [1.82, 2.24) is 4.98 Å². The van der Waals surface area contributed by atoms with Crippen LogP contribution in [0.3, 0.4) is 0 Å². The molecule has 1 aliphatic rings. The van der Waals surface area contributed by atoms with Crippen molar-refractivity contribution < 1.29 is 4.74 Å². The molecule has 0 radical (unpaired) electrons. The maximum absolute atomic E-state index is 5.79. The zero-order chi connectivity index (χ0) is 12.4. The summed E-state index contributed by atoms with van der Waals surface area (Å²) in [6.45, 7) is 4.91. The average molecular weight is 235 g/mol. The lowest BCUT2D eigenvalue weighted by atomic mass is 10.1. The second kappa shape index (κ2) is 5.02. The van der Waals surface area contributed by atoms with Crippen LogP contribution in [-0.4, -0.2) is 30.8 Å². The first-order chi connectivity index (χ1) is 8.09. The molecule has 94 valence electrons. The van der Waals surface area contributed by atoms with Crippen molar-refractivity contribution >= 4 is 5.69 Å². The highest BCUT2D eigenvalue weighted by atomic mass is 16.5. The van der Waals surface area contributed by atoms with Gasteiger partial charge >= 0.3 is 0 Å². The van der Waals surface area contributed by atoms with Gasteiger partial charge in [-0.1, -0.05) is 0 Å². The first-order valence-corrected chi connectivity index (χ1v) is 6.15. The van der Waals surface area contributed by atoms with Crippen molar-refractivity contribution in [2.45, 2.75) is 38.5 Å². The summed E-state index contributed by atoms with van der Waals surface area (Å²) in [7, 11) is 2.10. The molecule has 4 heteroatoms. The quantitative estimate of drug-likeness (QED) is 0.866. The second-order valence-electron chi connectivity index (χ2n) is 4.77. The van der Waals surface area contributed by atoms with Crippen LogP contribution < -0.4 is 10.6 Å². The van der Waals surface area contributed by atoms with Crippen LogP contribution in [0, 0.1) is 0 Å². The van der Waals surface area contributed by atoms with E-state index in [1.165, 1.54) is 0 Å². The first kappa shape index (κ1) is 12.3. The summed E-state index contributed by atoms with van der Waals surface area (Å²) in [6.07, 6.45) is 3.25. The summed E-state index contributed by atoms with van der Waals surface area (Å²) < 4.78 is 5.59. The van der Waals surface area contributed by atoms with Crippen LogP contribution in [0.4, 0.5) is 5.69 Å². The van der Waals surface area contributed by atoms with E-state index in [1.54, 1.807) is 0 Å². The summed E-state index contributed by atoms with van der Waals surface area (Å²) in [4.78, 5) is 6.63. The Morgan fingerprint density at radius 2 is 2.29 bits per heavy atom. The van der Waals surface area contributed by atoms with Gasteiger partial charge in [-0.15, -0.1) is 0 Å². The normalized spacial score (nSPS) is 25.9. The Hall–Kier alpha value is -1.13. The fourth-order valence-corrected chi connectivity index (χ4v) is 2.30. The standard InChI is InChI=1S/C13H21N3O/c1-9(14)12-5-4-11(8-15-12)16(3)13-6-7-17-10(13)2/h4-5,8-10,13H,6-7,14H2,1-3H3. The molecule has 0 spiro atoms. The smallest absolute Gasteiger partial charge is 0.0750 e. The number of anilines is 1. The summed E-state index contributed by atoms with van der Waals surface area (Å²) >= 11 is 0. The van der Waals surface area contributed by atoms with Gasteiger partial charge in [0.1, 0.15) is 0 Å². The zero-order valence-electron chi connectivity index (χ0n) is 10.8. The SMILES string of the molecule is CC(N)c1ccc(N(C)C2CCOC2C)cn1. The Kier molecular flexibility index (Phi) is 3.64. The van der Waals surface area contributed by atoms with Crippen molar-refractivity contribution in [1.29, 1.82) is 0 Å². The van der Waals surface area contributed by atoms with Crippen LogP contribution in [0.5, 0.6) is 0 Å². The Morgan fingerprint density at radius 3 is 2.76 bits per heavy atom. The molecule has 2 rings (SSSR count). The maximum atomic E-state index is 5.79. The number of ether oxygens (including phenoxy) is 1. The van der Waals surface area contributed by atoms with Gasteiger partial charge in [0.25, 0.3) is 0 Å². The Morgan fingerprint density at radius 1 is 1.53 bits per heavy atom. The lowest BCUT2D eigenvalue weighted by molar-refractivity contribution is 0.118. The summed E-state index contributed by atoms with van der Waals surface area (Å²) in [5.74, 6) is 0. The molecule has 1 aliphatic heterocycles. The van der Waals surface area contributed by atoms with E-state index in [9.17, 15) is 0 Å². The minimum atomic E-state index is -0.0110. The molecule has 2 heterocycles. The molecule has 4 nitrogen and oxygen atoms in total. The van der Waals surface area contributed by atoms with Crippen LogP contribution in [0.2, 0.25) is 0 Å². The van der Waals surface area contributed by atoms with Crippen molar-refractivity contribution in [3.8, 4) is 0 Å². The van der Waals surface area contributed by atoms with Gasteiger partial charge in [-0.05, 0) is 32.4 Å². The molecule has 3 unspecified atom stereocenters. The van der Waals surface area contributed by atoms with Crippen LogP contribution in [0.1, 0.15) is 32.0 Å². The Bertz CT molecular complexity index is 363. The summed E-state index contributed by atoms with van der Waals surface area (Å²) in [6, 6.07) is 4.51. The number of aromatic nitrogens is 1. The largest absolute Gasteiger partial charge is 0.376 e. The molecule has 0 bridgehead atoms. The van der Waals surface area contributed by atoms with Crippen molar-refractivity contribution in [2.24, 2.45) is 5.73 Å². The van der Waals surface area contributed by atoms with E-state index < -0.39 is 0 Å². The van der Waals surface area contributed by atoms with Gasteiger partial charge in [-0.3, -0.25) is 4.98 Å². The third-order valence-electron chi connectivity index (χ3n) is 3.48. The topological polar surface area (TPSA) is 51.4 Å². The van der Waals surface area contributed by atoms with E-state index in [0.29, 0.717) is 6.04 Å². The second-order valence-corrected chi connectivity index (χ2v) is 4.77. The summed E-state index contributed by atoms with van der Waals surface area (Å²) in [5.41, 5.74) is 7.84. The number of nitrogens with zero attached hydrogens (tertiary/aromatic N) is 2. The van der Waals surface area contributed by atoms with E-state index in [1.807, 2.05) is 19.2 Å². The molecule has 0 aromatic carbocycles. The molecule has 0 aliphatic carbocycles. The Balaban J connectivity index is 2.11. The van der Waals surface area contributed by atoms with Gasteiger partial charge in [-0.2, -0.15) is 0 Å². The monoisotopic (exact) mass is 235 g/mol. The molecule has 0 saturated carbocycles. The predicted octanol–water partition coefficient (Wildman–Crippen LogP) is 1.71. The first-order valence-electron chi connectivity index (χ1n) is 6.15. The number of hydrogen-bond donors (Lipinski definition) is 1. The van der Waals surface area contributed by atoms with Gasteiger partial charge in [0.15, 0.2) is 0 Å². The van der Waals surface area contributed by atoms with Gasteiger partial charge in [0.2, 0.25) is 0 Å². The Labute approximate surface area is 103 Å². The van der Waals surface area contributed by atoms with E-state index in [4.69, 9.17) is 10.5 Å². The molecule has 3 atom stereocenters. The van der Waals surface area contributed by atoms with Crippen molar-refractivity contribution in [3.63, 3.8) is 0 Å². The van der Waals surface area contributed by atoms with E-state index in [-0.39, 0.29) is 12.1 Å². The fourth-order valence-electron chi connectivity index (χ4n) is 2.30. The molecule has 1 aromatic rings. The molecule has 1 aromatic heterocycles. The number of nitrogens with two attached hydrogens (primary N) is 1. The van der Waals surface area contributed by atoms with E-state index in [0.717, 1.165) is 24.4 Å². The number of rotatable bonds is 3. The van der Waals surface area contributed by atoms with Crippen LogP contribution in [0.25, 0.3) is 0 Å². The molecule has 17 heavy (non-hydrogen) atoms. The van der Waals surface area contributed by atoms with Crippen molar-refractivity contribution in [3.05, 3.63) is 24.0 Å².